The Hall–Kier alpha value is -0.860. The van der Waals surface area contributed by atoms with Crippen molar-refractivity contribution in [3.05, 3.63) is 29.6 Å². The Morgan fingerprint density at radius 1 is 1.10 bits per heavy atom. The van der Waals surface area contributed by atoms with E-state index in [9.17, 15) is 17.6 Å². The van der Waals surface area contributed by atoms with Gasteiger partial charge in [-0.2, -0.15) is 13.2 Å². The van der Waals surface area contributed by atoms with Gasteiger partial charge in [0.05, 0.1) is 12.2 Å². The maximum absolute atomic E-state index is 13.2. The SMILES string of the molecule is Br.OCCN1CCN(c2ccc(F)c(C(F)(F)F)c2)CC1. The summed E-state index contributed by atoms with van der Waals surface area (Å²) in [6.07, 6.45) is -4.68. The summed E-state index contributed by atoms with van der Waals surface area (Å²) >= 11 is 0. The van der Waals surface area contributed by atoms with Gasteiger partial charge < -0.3 is 10.0 Å². The molecule has 0 spiro atoms. The van der Waals surface area contributed by atoms with Crippen molar-refractivity contribution in [3.8, 4) is 0 Å². The number of rotatable bonds is 3. The number of piperazine rings is 1. The number of hydrogen-bond donors (Lipinski definition) is 1. The topological polar surface area (TPSA) is 26.7 Å². The molecule has 3 nitrogen and oxygen atoms in total. The van der Waals surface area contributed by atoms with Crippen LogP contribution in [0.15, 0.2) is 18.2 Å². The van der Waals surface area contributed by atoms with Crippen LogP contribution in [0.25, 0.3) is 0 Å². The average molecular weight is 373 g/mol. The molecule has 1 aromatic rings. The summed E-state index contributed by atoms with van der Waals surface area (Å²) < 4.78 is 51.2. The van der Waals surface area contributed by atoms with E-state index in [1.54, 1.807) is 4.90 Å². The summed E-state index contributed by atoms with van der Waals surface area (Å²) in [5.41, 5.74) is -0.852. The first-order valence-corrected chi connectivity index (χ1v) is 6.36. The zero-order valence-electron chi connectivity index (χ0n) is 11.2. The molecule has 1 N–H and O–H groups in total. The van der Waals surface area contributed by atoms with Gasteiger partial charge in [0, 0.05) is 38.4 Å². The summed E-state index contributed by atoms with van der Waals surface area (Å²) in [7, 11) is 0. The van der Waals surface area contributed by atoms with E-state index >= 15 is 0 Å². The van der Waals surface area contributed by atoms with Gasteiger partial charge in [-0.3, -0.25) is 4.90 Å². The van der Waals surface area contributed by atoms with Crippen LogP contribution in [-0.4, -0.2) is 49.3 Å². The highest BCUT2D eigenvalue weighted by Crippen LogP contribution is 2.34. The third-order valence-electron chi connectivity index (χ3n) is 3.41. The summed E-state index contributed by atoms with van der Waals surface area (Å²) in [5.74, 6) is -1.25. The zero-order chi connectivity index (χ0) is 14.8. The number of benzene rings is 1. The van der Waals surface area contributed by atoms with Gasteiger partial charge in [0.1, 0.15) is 5.82 Å². The average Bonchev–Trinajstić information content (AvgIpc) is 2.39. The molecule has 0 aliphatic carbocycles. The molecule has 8 heteroatoms. The summed E-state index contributed by atoms with van der Waals surface area (Å²) in [6, 6.07) is 3.08. The van der Waals surface area contributed by atoms with Gasteiger partial charge in [-0.05, 0) is 18.2 Å². The molecule has 0 aromatic heterocycles. The number of aliphatic hydroxyl groups excluding tert-OH is 1. The Labute approximate surface area is 130 Å². The molecule has 21 heavy (non-hydrogen) atoms. The molecule has 0 saturated carbocycles. The van der Waals surface area contributed by atoms with Gasteiger partial charge in [0.2, 0.25) is 0 Å². The van der Waals surface area contributed by atoms with E-state index in [0.29, 0.717) is 38.4 Å². The second-order valence-electron chi connectivity index (χ2n) is 4.71. The molecule has 0 atom stereocenters. The highest BCUT2D eigenvalue weighted by Gasteiger charge is 2.34. The normalized spacial score (nSPS) is 16.7. The lowest BCUT2D eigenvalue weighted by molar-refractivity contribution is -0.139. The fourth-order valence-corrected chi connectivity index (χ4v) is 2.30. The van der Waals surface area contributed by atoms with Crippen LogP contribution < -0.4 is 4.90 Å². The molecule has 1 aromatic carbocycles. The molecule has 0 unspecified atom stereocenters. The quantitative estimate of drug-likeness (QED) is 0.826. The molecule has 1 fully saturated rings. The van der Waals surface area contributed by atoms with Crippen LogP contribution in [0.4, 0.5) is 23.2 Å². The molecule has 0 amide bonds. The van der Waals surface area contributed by atoms with Gasteiger partial charge >= 0.3 is 6.18 Å². The fourth-order valence-electron chi connectivity index (χ4n) is 2.30. The standard InChI is InChI=1S/C13H16F4N2O.BrH/c14-12-2-1-10(9-11(12)13(15,16)17)19-5-3-18(4-6-19)7-8-20;/h1-2,9,20H,3-8H2;1H. The van der Waals surface area contributed by atoms with Gasteiger partial charge in [-0.25, -0.2) is 4.39 Å². The van der Waals surface area contributed by atoms with Crippen molar-refractivity contribution in [2.75, 3.05) is 44.2 Å². The van der Waals surface area contributed by atoms with Gasteiger partial charge in [0.25, 0.3) is 0 Å². The van der Waals surface area contributed by atoms with Gasteiger partial charge in [-0.15, -0.1) is 17.0 Å². The van der Waals surface area contributed by atoms with Crippen molar-refractivity contribution in [1.82, 2.24) is 4.90 Å². The van der Waals surface area contributed by atoms with Crippen LogP contribution in [0.3, 0.4) is 0 Å². The Morgan fingerprint density at radius 3 is 2.24 bits per heavy atom. The highest BCUT2D eigenvalue weighted by molar-refractivity contribution is 8.93. The van der Waals surface area contributed by atoms with Crippen molar-refractivity contribution in [1.29, 1.82) is 0 Å². The first-order valence-electron chi connectivity index (χ1n) is 6.36. The van der Waals surface area contributed by atoms with E-state index < -0.39 is 17.6 Å². The minimum absolute atomic E-state index is 0. The number of hydrogen-bond acceptors (Lipinski definition) is 3. The second kappa shape index (κ2) is 7.42. The van der Waals surface area contributed by atoms with Crippen LogP contribution in [0.1, 0.15) is 5.56 Å². The van der Waals surface area contributed by atoms with Crippen LogP contribution in [0, 0.1) is 5.82 Å². The summed E-state index contributed by atoms with van der Waals surface area (Å²) in [5, 5.41) is 8.84. The smallest absolute Gasteiger partial charge is 0.395 e. The van der Waals surface area contributed by atoms with E-state index in [-0.39, 0.29) is 23.6 Å². The molecule has 120 valence electrons. The maximum Gasteiger partial charge on any atom is 0.419 e. The Bertz CT molecular complexity index is 462. The minimum Gasteiger partial charge on any atom is -0.395 e. The van der Waals surface area contributed by atoms with Crippen molar-refractivity contribution < 1.29 is 22.7 Å². The predicted molar refractivity (Wildman–Crippen MR) is 77.5 cm³/mol. The molecule has 1 saturated heterocycles. The molecule has 0 bridgehead atoms. The van der Waals surface area contributed by atoms with Crippen LogP contribution in [0.2, 0.25) is 0 Å². The largest absolute Gasteiger partial charge is 0.419 e. The van der Waals surface area contributed by atoms with Crippen LogP contribution >= 0.6 is 17.0 Å². The number of anilines is 1. The first-order chi connectivity index (χ1) is 9.41. The molecule has 1 aliphatic rings. The molecule has 0 radical (unpaired) electrons. The Morgan fingerprint density at radius 2 is 1.71 bits per heavy atom. The van der Waals surface area contributed by atoms with E-state index in [2.05, 4.69) is 0 Å². The van der Waals surface area contributed by atoms with Gasteiger partial charge in [0.15, 0.2) is 0 Å². The van der Waals surface area contributed by atoms with Crippen molar-refractivity contribution >= 4 is 22.7 Å². The number of alkyl halides is 3. The third-order valence-corrected chi connectivity index (χ3v) is 3.41. The second-order valence-corrected chi connectivity index (χ2v) is 4.71. The first kappa shape index (κ1) is 18.2. The van der Waals surface area contributed by atoms with Crippen LogP contribution in [0.5, 0.6) is 0 Å². The molecule has 1 heterocycles. The number of halogens is 5. The number of β-amino-alcohol motifs (C(OH)–C–C–N with tert-alkyl or cyclic N) is 1. The molecule has 2 rings (SSSR count). The minimum atomic E-state index is -4.68. The highest BCUT2D eigenvalue weighted by atomic mass is 79.9. The van der Waals surface area contributed by atoms with Crippen molar-refractivity contribution in [3.63, 3.8) is 0 Å². The van der Waals surface area contributed by atoms with E-state index in [1.807, 2.05) is 4.90 Å². The van der Waals surface area contributed by atoms with Crippen molar-refractivity contribution in [2.24, 2.45) is 0 Å². The Balaban J connectivity index is 0.00000220. The number of aliphatic hydroxyl groups is 1. The number of nitrogens with zero attached hydrogens (tertiary/aromatic N) is 2. The van der Waals surface area contributed by atoms with Gasteiger partial charge in [-0.1, -0.05) is 0 Å². The Kier molecular flexibility index (Phi) is 6.42. The lowest BCUT2D eigenvalue weighted by Gasteiger charge is -2.36. The van der Waals surface area contributed by atoms with E-state index in [0.717, 1.165) is 12.1 Å². The molecular weight excluding hydrogens is 356 g/mol. The predicted octanol–water partition coefficient (Wildman–Crippen LogP) is 2.54. The maximum atomic E-state index is 13.2. The summed E-state index contributed by atoms with van der Waals surface area (Å²) in [4.78, 5) is 3.83. The van der Waals surface area contributed by atoms with E-state index in [1.165, 1.54) is 6.07 Å². The van der Waals surface area contributed by atoms with Crippen LogP contribution in [-0.2, 0) is 6.18 Å². The third kappa shape index (κ3) is 4.55. The lowest BCUT2D eigenvalue weighted by Crippen LogP contribution is -2.47. The van der Waals surface area contributed by atoms with E-state index in [4.69, 9.17) is 5.11 Å². The zero-order valence-corrected chi connectivity index (χ0v) is 12.9. The fraction of sp³-hybridized carbons (Fsp3) is 0.538. The molecule has 1 aliphatic heterocycles. The molecular formula is C13H17BrF4N2O. The monoisotopic (exact) mass is 372 g/mol. The lowest BCUT2D eigenvalue weighted by atomic mass is 10.1. The van der Waals surface area contributed by atoms with Crippen molar-refractivity contribution in [2.45, 2.75) is 6.18 Å². The summed E-state index contributed by atoms with van der Waals surface area (Å²) in [6.45, 7) is 3.07.